The van der Waals surface area contributed by atoms with Crippen molar-refractivity contribution in [3.63, 3.8) is 0 Å². The Balaban J connectivity index is 1.68. The van der Waals surface area contributed by atoms with Gasteiger partial charge in [-0.05, 0) is 115 Å². The highest BCUT2D eigenvalue weighted by Crippen LogP contribution is 2.74. The smallest absolute Gasteiger partial charge is 0.160 e. The molecule has 5 aliphatic rings. The van der Waals surface area contributed by atoms with Crippen LogP contribution in [0.5, 0.6) is 0 Å². The Kier molecular flexibility index (Phi) is 5.01. The maximum absolute atomic E-state index is 14.2. The average Bonchev–Trinajstić information content (AvgIpc) is 2.73. The molecule has 5 aliphatic carbocycles. The highest BCUT2D eigenvalue weighted by molar-refractivity contribution is 5.97. The van der Waals surface area contributed by atoms with E-state index in [2.05, 4.69) is 54.5 Å². The molecule has 34 heavy (non-hydrogen) atoms. The Morgan fingerprint density at radius 2 is 1.53 bits per heavy atom. The SMILES string of the molecule is CC(=O)[C@]1(C)C=C2C3=CC(=O)[C@@H]4[C@@]5(C)CC[C@H](O)C(C)(C)[C@@H]5CC[C@@]4(C)[C@]3(C)CC[C@@]2(C)CC1. The van der Waals surface area contributed by atoms with Gasteiger partial charge in [0.1, 0.15) is 5.78 Å². The van der Waals surface area contributed by atoms with Crippen LogP contribution in [0.25, 0.3) is 0 Å². The van der Waals surface area contributed by atoms with E-state index >= 15 is 0 Å². The number of fused-ring (bicyclic) bond motifs is 7. The zero-order valence-electron chi connectivity index (χ0n) is 22.8. The maximum atomic E-state index is 14.2. The Hall–Kier alpha value is -1.22. The second-order valence-corrected chi connectivity index (χ2v) is 14.7. The molecular weight excluding hydrogens is 420 g/mol. The maximum Gasteiger partial charge on any atom is 0.160 e. The fourth-order valence-electron chi connectivity index (χ4n) is 9.86. The second kappa shape index (κ2) is 6.96. The molecule has 0 radical (unpaired) electrons. The molecule has 0 saturated heterocycles. The lowest BCUT2D eigenvalue weighted by Crippen LogP contribution is -2.65. The molecule has 188 valence electrons. The van der Waals surface area contributed by atoms with Gasteiger partial charge in [-0.15, -0.1) is 0 Å². The zero-order chi connectivity index (χ0) is 25.1. The van der Waals surface area contributed by atoms with Gasteiger partial charge in [-0.25, -0.2) is 0 Å². The minimum Gasteiger partial charge on any atom is -0.393 e. The molecule has 0 heterocycles. The van der Waals surface area contributed by atoms with E-state index in [1.807, 2.05) is 6.08 Å². The summed E-state index contributed by atoms with van der Waals surface area (Å²) in [5.41, 5.74) is 1.74. The lowest BCUT2D eigenvalue weighted by molar-refractivity contribution is -0.197. The minimum absolute atomic E-state index is 0.00740. The van der Waals surface area contributed by atoms with Gasteiger partial charge in [0.15, 0.2) is 5.78 Å². The molecule has 0 spiro atoms. The summed E-state index contributed by atoms with van der Waals surface area (Å²) in [5.74, 6) is 0.881. The molecular formula is C31H46O3. The van der Waals surface area contributed by atoms with Crippen LogP contribution in [0, 0.1) is 44.3 Å². The molecule has 5 rings (SSSR count). The Morgan fingerprint density at radius 3 is 2.18 bits per heavy atom. The lowest BCUT2D eigenvalue weighted by Gasteiger charge is -2.69. The summed E-state index contributed by atoms with van der Waals surface area (Å²) < 4.78 is 0. The molecule has 0 aromatic carbocycles. The number of allylic oxidation sites excluding steroid dienone is 4. The highest BCUT2D eigenvalue weighted by atomic mass is 16.3. The van der Waals surface area contributed by atoms with Gasteiger partial charge in [0.05, 0.1) is 6.10 Å². The third-order valence-electron chi connectivity index (χ3n) is 12.8. The summed E-state index contributed by atoms with van der Waals surface area (Å²) in [7, 11) is 0. The first-order valence-corrected chi connectivity index (χ1v) is 13.7. The molecule has 8 atom stereocenters. The van der Waals surface area contributed by atoms with Crippen molar-refractivity contribution in [3.8, 4) is 0 Å². The predicted octanol–water partition coefficient (Wildman–Crippen LogP) is 6.84. The molecule has 0 aromatic heterocycles. The number of aliphatic hydroxyl groups is 1. The fourth-order valence-corrected chi connectivity index (χ4v) is 9.86. The largest absolute Gasteiger partial charge is 0.393 e. The first kappa shape index (κ1) is 24.5. The van der Waals surface area contributed by atoms with Crippen LogP contribution in [0.4, 0.5) is 0 Å². The van der Waals surface area contributed by atoms with Crippen molar-refractivity contribution in [3.05, 3.63) is 23.3 Å². The third kappa shape index (κ3) is 2.80. The quantitative estimate of drug-likeness (QED) is 0.460. The van der Waals surface area contributed by atoms with Crippen molar-refractivity contribution in [1.82, 2.24) is 0 Å². The van der Waals surface area contributed by atoms with Crippen LogP contribution in [-0.2, 0) is 9.59 Å². The zero-order valence-corrected chi connectivity index (χ0v) is 22.8. The van der Waals surface area contributed by atoms with Crippen molar-refractivity contribution >= 4 is 11.6 Å². The van der Waals surface area contributed by atoms with Gasteiger partial charge < -0.3 is 5.11 Å². The van der Waals surface area contributed by atoms with Gasteiger partial charge in [-0.1, -0.05) is 47.6 Å². The number of hydrogen-bond donors (Lipinski definition) is 1. The summed E-state index contributed by atoms with van der Waals surface area (Å²) in [6.45, 7) is 17.8. The van der Waals surface area contributed by atoms with Crippen molar-refractivity contribution < 1.29 is 14.7 Å². The summed E-state index contributed by atoms with van der Waals surface area (Å²) in [6, 6.07) is 0. The molecule has 0 aromatic rings. The normalized spacial score (nSPS) is 51.8. The van der Waals surface area contributed by atoms with Crippen LogP contribution in [0.1, 0.15) is 107 Å². The van der Waals surface area contributed by atoms with Crippen LogP contribution in [0.2, 0.25) is 0 Å². The predicted molar refractivity (Wildman–Crippen MR) is 136 cm³/mol. The van der Waals surface area contributed by atoms with E-state index in [9.17, 15) is 14.7 Å². The van der Waals surface area contributed by atoms with Crippen molar-refractivity contribution in [1.29, 1.82) is 0 Å². The summed E-state index contributed by atoms with van der Waals surface area (Å²) in [5, 5.41) is 10.9. The van der Waals surface area contributed by atoms with Gasteiger partial charge in [0, 0.05) is 11.3 Å². The van der Waals surface area contributed by atoms with Crippen LogP contribution < -0.4 is 0 Å². The Bertz CT molecular complexity index is 1020. The van der Waals surface area contributed by atoms with Gasteiger partial charge >= 0.3 is 0 Å². The molecule has 1 N–H and O–H groups in total. The minimum atomic E-state index is -0.429. The molecule has 0 aliphatic heterocycles. The van der Waals surface area contributed by atoms with Crippen LogP contribution in [0.3, 0.4) is 0 Å². The number of aliphatic hydroxyl groups excluding tert-OH is 1. The molecule has 3 fully saturated rings. The van der Waals surface area contributed by atoms with E-state index < -0.39 is 5.41 Å². The van der Waals surface area contributed by atoms with E-state index in [4.69, 9.17) is 0 Å². The average molecular weight is 467 g/mol. The van der Waals surface area contributed by atoms with E-state index in [0.29, 0.717) is 11.7 Å². The van der Waals surface area contributed by atoms with Crippen LogP contribution in [-0.4, -0.2) is 22.8 Å². The third-order valence-corrected chi connectivity index (χ3v) is 12.8. The van der Waals surface area contributed by atoms with Crippen LogP contribution in [0.15, 0.2) is 23.3 Å². The molecule has 0 bridgehead atoms. The number of carbonyl (C=O) groups is 2. The standard InChI is InChI=1S/C31H46O3/c1-19(32)28(5)14-13-27(4)15-16-30(7)20(21(27)18-28)17-22(33)25-29(6)11-10-24(34)26(2,3)23(29)9-12-31(25,30)8/h17-18,23-25,34H,9-16H2,1-8H3/t23-,24-,25+,27+,28-,29-,30+,31+/m0/s1. The van der Waals surface area contributed by atoms with Crippen molar-refractivity contribution in [2.75, 3.05) is 0 Å². The number of Topliss-reactive ketones (excluding diaryl/α,β-unsaturated/α-hetero) is 1. The summed E-state index contributed by atoms with van der Waals surface area (Å²) in [6.07, 6.45) is 12.0. The first-order chi connectivity index (χ1) is 15.6. The van der Waals surface area contributed by atoms with Gasteiger partial charge in [-0.3, -0.25) is 9.59 Å². The first-order valence-electron chi connectivity index (χ1n) is 13.7. The van der Waals surface area contributed by atoms with E-state index in [0.717, 1.165) is 51.4 Å². The number of hydrogen-bond acceptors (Lipinski definition) is 3. The topological polar surface area (TPSA) is 54.4 Å². The fraction of sp³-hybridized carbons (Fsp3) is 0.806. The monoisotopic (exact) mass is 466 g/mol. The lowest BCUT2D eigenvalue weighted by atomic mass is 9.34. The Morgan fingerprint density at radius 1 is 0.882 bits per heavy atom. The Labute approximate surface area is 206 Å². The van der Waals surface area contributed by atoms with E-state index in [-0.39, 0.29) is 44.9 Å². The van der Waals surface area contributed by atoms with Gasteiger partial charge in [0.25, 0.3) is 0 Å². The summed E-state index contributed by atoms with van der Waals surface area (Å²) >= 11 is 0. The van der Waals surface area contributed by atoms with E-state index in [1.54, 1.807) is 6.92 Å². The van der Waals surface area contributed by atoms with Gasteiger partial charge in [0.2, 0.25) is 0 Å². The molecule has 3 heteroatoms. The molecule has 0 amide bonds. The molecule has 3 nitrogen and oxygen atoms in total. The molecule has 3 saturated carbocycles. The van der Waals surface area contributed by atoms with E-state index in [1.165, 1.54) is 11.1 Å². The molecule has 0 unspecified atom stereocenters. The number of carbonyl (C=O) groups excluding carboxylic acids is 2. The highest BCUT2D eigenvalue weighted by Gasteiger charge is 2.69. The van der Waals surface area contributed by atoms with Gasteiger partial charge in [-0.2, -0.15) is 0 Å². The summed E-state index contributed by atoms with van der Waals surface area (Å²) in [4.78, 5) is 26.9. The second-order valence-electron chi connectivity index (χ2n) is 14.7. The van der Waals surface area contributed by atoms with Crippen molar-refractivity contribution in [2.24, 2.45) is 44.3 Å². The van der Waals surface area contributed by atoms with Crippen LogP contribution >= 0.6 is 0 Å². The number of rotatable bonds is 1. The number of ketones is 2. The van der Waals surface area contributed by atoms with Crippen molar-refractivity contribution in [2.45, 2.75) is 113 Å².